The summed E-state index contributed by atoms with van der Waals surface area (Å²) in [5.41, 5.74) is 3.49. The molecule has 3 aromatic rings. The molecule has 0 radical (unpaired) electrons. The molecule has 0 bridgehead atoms. The smallest absolute Gasteiger partial charge is 0.187 e. The third kappa shape index (κ3) is 4.32. The maximum atomic E-state index is 5.90. The van der Waals surface area contributed by atoms with Crippen molar-refractivity contribution in [3.05, 3.63) is 58.6 Å². The molecule has 0 N–H and O–H groups in total. The molecule has 7 heteroatoms. The molecule has 0 aliphatic rings. The molecular weight excluding hydrogens is 360 g/mol. The number of tetrazole rings is 1. The predicted molar refractivity (Wildman–Crippen MR) is 102 cm³/mol. The predicted octanol–water partition coefficient (Wildman–Crippen LogP) is 4.82. The van der Waals surface area contributed by atoms with Gasteiger partial charge in [-0.25, -0.2) is 0 Å². The van der Waals surface area contributed by atoms with Crippen molar-refractivity contribution in [1.82, 2.24) is 20.2 Å². The van der Waals surface area contributed by atoms with Gasteiger partial charge in [0.1, 0.15) is 0 Å². The third-order valence-corrected chi connectivity index (χ3v) is 6.02. The van der Waals surface area contributed by atoms with E-state index >= 15 is 0 Å². The van der Waals surface area contributed by atoms with Gasteiger partial charge in [0, 0.05) is 21.4 Å². The van der Waals surface area contributed by atoms with Crippen molar-refractivity contribution in [3.8, 4) is 5.69 Å². The summed E-state index contributed by atoms with van der Waals surface area (Å²) in [6, 6.07) is 14.2. The van der Waals surface area contributed by atoms with Gasteiger partial charge < -0.3 is 0 Å². The molecule has 3 rings (SSSR count). The Morgan fingerprint density at radius 1 is 0.958 bits per heavy atom. The van der Waals surface area contributed by atoms with Crippen molar-refractivity contribution in [3.63, 3.8) is 0 Å². The monoisotopic (exact) mass is 376 g/mol. The molecule has 124 valence electrons. The second kappa shape index (κ2) is 8.05. The Morgan fingerprint density at radius 2 is 1.71 bits per heavy atom. The number of aryl methyl sites for hydroxylation is 2. The van der Waals surface area contributed by atoms with E-state index in [1.165, 1.54) is 16.0 Å². The first-order chi connectivity index (χ1) is 11.6. The topological polar surface area (TPSA) is 43.6 Å². The van der Waals surface area contributed by atoms with Crippen LogP contribution in [0.25, 0.3) is 5.69 Å². The first kappa shape index (κ1) is 17.3. The number of hydrogen-bond acceptors (Lipinski definition) is 5. The minimum absolute atomic E-state index is 0.765. The number of thioether (sulfide) groups is 2. The van der Waals surface area contributed by atoms with Crippen molar-refractivity contribution < 1.29 is 0 Å². The van der Waals surface area contributed by atoms with E-state index in [1.807, 2.05) is 30.3 Å². The number of benzene rings is 2. The fourth-order valence-corrected chi connectivity index (χ4v) is 4.01. The van der Waals surface area contributed by atoms with Crippen molar-refractivity contribution in [2.45, 2.75) is 23.9 Å². The molecule has 1 aromatic heterocycles. The molecule has 0 aliphatic carbocycles. The van der Waals surface area contributed by atoms with Gasteiger partial charge in [0.25, 0.3) is 0 Å². The molecular formula is C17H17ClN4S2. The summed E-state index contributed by atoms with van der Waals surface area (Å²) in [5.74, 6) is 1.91. The Balaban J connectivity index is 1.59. The van der Waals surface area contributed by atoms with E-state index in [-0.39, 0.29) is 0 Å². The van der Waals surface area contributed by atoms with Crippen LogP contribution in [0.1, 0.15) is 11.1 Å². The number of halogens is 1. The molecule has 4 nitrogen and oxygen atoms in total. The first-order valence-corrected chi connectivity index (χ1v) is 9.85. The van der Waals surface area contributed by atoms with Crippen molar-refractivity contribution in [1.29, 1.82) is 0 Å². The molecule has 0 amide bonds. The van der Waals surface area contributed by atoms with Crippen molar-refractivity contribution >= 4 is 35.1 Å². The molecule has 0 unspecified atom stereocenters. The van der Waals surface area contributed by atoms with Gasteiger partial charge in [0.15, 0.2) is 0 Å². The highest BCUT2D eigenvalue weighted by molar-refractivity contribution is 8.02. The molecule has 0 spiro atoms. The molecule has 1 heterocycles. The summed E-state index contributed by atoms with van der Waals surface area (Å²) in [7, 11) is 0. The van der Waals surface area contributed by atoms with E-state index in [0.29, 0.717) is 0 Å². The highest BCUT2D eigenvalue weighted by Gasteiger charge is 2.09. The Labute approximate surface area is 155 Å². The summed E-state index contributed by atoms with van der Waals surface area (Å²) in [6.07, 6.45) is 0. The SMILES string of the molecule is Cc1ccc(-n2nnnc2SCCSc2ccc(Cl)cc2)cc1C. The first-order valence-electron chi connectivity index (χ1n) is 7.50. The molecule has 0 fully saturated rings. The lowest BCUT2D eigenvalue weighted by atomic mass is 10.1. The summed E-state index contributed by atoms with van der Waals surface area (Å²) in [5, 5.41) is 13.7. The van der Waals surface area contributed by atoms with Crippen molar-refractivity contribution in [2.75, 3.05) is 11.5 Å². The van der Waals surface area contributed by atoms with Crippen LogP contribution in [0.5, 0.6) is 0 Å². The highest BCUT2D eigenvalue weighted by atomic mass is 35.5. The molecule has 2 aromatic carbocycles. The lowest BCUT2D eigenvalue weighted by molar-refractivity contribution is 0.755. The van der Waals surface area contributed by atoms with Gasteiger partial charge in [-0.05, 0) is 71.8 Å². The zero-order chi connectivity index (χ0) is 16.9. The second-order valence-electron chi connectivity index (χ2n) is 5.29. The number of nitrogens with zero attached hydrogens (tertiary/aromatic N) is 4. The Bertz CT molecular complexity index is 818. The van der Waals surface area contributed by atoms with E-state index in [4.69, 9.17) is 11.6 Å². The normalized spacial score (nSPS) is 11.0. The van der Waals surface area contributed by atoms with Gasteiger partial charge in [-0.2, -0.15) is 4.68 Å². The van der Waals surface area contributed by atoms with E-state index in [9.17, 15) is 0 Å². The fourth-order valence-electron chi connectivity index (χ4n) is 2.11. The van der Waals surface area contributed by atoms with Crippen LogP contribution in [0, 0.1) is 13.8 Å². The second-order valence-corrected chi connectivity index (χ2v) is 7.96. The van der Waals surface area contributed by atoms with Gasteiger partial charge in [0.2, 0.25) is 5.16 Å². The van der Waals surface area contributed by atoms with Crippen LogP contribution in [0.4, 0.5) is 0 Å². The maximum absolute atomic E-state index is 5.90. The molecule has 24 heavy (non-hydrogen) atoms. The van der Waals surface area contributed by atoms with Gasteiger partial charge in [-0.3, -0.25) is 0 Å². The van der Waals surface area contributed by atoms with Crippen LogP contribution >= 0.6 is 35.1 Å². The lowest BCUT2D eigenvalue weighted by Crippen LogP contribution is -2.00. The van der Waals surface area contributed by atoms with Gasteiger partial charge in [0.05, 0.1) is 5.69 Å². The largest absolute Gasteiger partial charge is 0.214 e. The maximum Gasteiger partial charge on any atom is 0.214 e. The number of hydrogen-bond donors (Lipinski definition) is 0. The van der Waals surface area contributed by atoms with Crippen LogP contribution in [0.3, 0.4) is 0 Å². The van der Waals surface area contributed by atoms with Crippen LogP contribution in [-0.2, 0) is 0 Å². The zero-order valence-electron chi connectivity index (χ0n) is 13.4. The Kier molecular flexibility index (Phi) is 5.81. The summed E-state index contributed by atoms with van der Waals surface area (Å²) < 4.78 is 1.80. The van der Waals surface area contributed by atoms with Crippen LogP contribution in [0.2, 0.25) is 5.02 Å². The lowest BCUT2D eigenvalue weighted by Gasteiger charge is -2.07. The zero-order valence-corrected chi connectivity index (χ0v) is 15.8. The average Bonchev–Trinajstić information content (AvgIpc) is 3.04. The molecule has 0 atom stereocenters. The average molecular weight is 377 g/mol. The Morgan fingerprint density at radius 3 is 2.46 bits per heavy atom. The molecule has 0 aliphatic heterocycles. The summed E-state index contributed by atoms with van der Waals surface area (Å²) in [6.45, 7) is 4.20. The summed E-state index contributed by atoms with van der Waals surface area (Å²) in [4.78, 5) is 1.22. The minimum Gasteiger partial charge on any atom is -0.187 e. The molecule has 0 saturated carbocycles. The van der Waals surface area contributed by atoms with E-state index in [0.717, 1.165) is 27.4 Å². The fraction of sp³-hybridized carbons (Fsp3) is 0.235. The summed E-state index contributed by atoms with van der Waals surface area (Å²) >= 11 is 9.36. The van der Waals surface area contributed by atoms with E-state index in [2.05, 4.69) is 41.5 Å². The highest BCUT2D eigenvalue weighted by Crippen LogP contribution is 2.24. The molecule has 0 saturated heterocycles. The number of aromatic nitrogens is 4. The van der Waals surface area contributed by atoms with Crippen molar-refractivity contribution in [2.24, 2.45) is 0 Å². The standard InChI is InChI=1S/C17H17ClN4S2/c1-12-3-6-15(11-13(12)2)22-17(19-20-21-22)24-10-9-23-16-7-4-14(18)5-8-16/h3-8,11H,9-10H2,1-2H3. The van der Waals surface area contributed by atoms with Gasteiger partial charge >= 0.3 is 0 Å². The minimum atomic E-state index is 0.765. The van der Waals surface area contributed by atoms with Crippen LogP contribution in [-0.4, -0.2) is 31.7 Å². The third-order valence-electron chi connectivity index (χ3n) is 3.57. The van der Waals surface area contributed by atoms with Gasteiger partial charge in [-0.1, -0.05) is 29.4 Å². The Hall–Kier alpha value is -1.50. The van der Waals surface area contributed by atoms with Crippen LogP contribution in [0.15, 0.2) is 52.5 Å². The van der Waals surface area contributed by atoms with E-state index in [1.54, 1.807) is 28.2 Å². The number of rotatable bonds is 6. The van der Waals surface area contributed by atoms with E-state index < -0.39 is 0 Å². The van der Waals surface area contributed by atoms with Gasteiger partial charge in [-0.15, -0.1) is 16.9 Å². The quantitative estimate of drug-likeness (QED) is 0.456. The van der Waals surface area contributed by atoms with Crippen LogP contribution < -0.4 is 0 Å².